The Kier molecular flexibility index (Phi) is 5.85. The molecule has 0 atom stereocenters. The van der Waals surface area contributed by atoms with Crippen molar-refractivity contribution in [1.82, 2.24) is 15.1 Å². The van der Waals surface area contributed by atoms with Crippen molar-refractivity contribution in [3.8, 4) is 5.69 Å². The molecule has 0 radical (unpaired) electrons. The quantitative estimate of drug-likeness (QED) is 0.787. The molecule has 0 fully saturated rings. The number of amides is 1. The van der Waals surface area contributed by atoms with E-state index in [-0.39, 0.29) is 12.3 Å². The molecule has 2 N–H and O–H groups in total. The van der Waals surface area contributed by atoms with Crippen molar-refractivity contribution in [2.75, 3.05) is 0 Å². The number of halogens is 1. The molecule has 2 rings (SSSR count). The van der Waals surface area contributed by atoms with Gasteiger partial charge in [-0.15, -0.1) is 0 Å². The Morgan fingerprint density at radius 2 is 2.00 bits per heavy atom. The lowest BCUT2D eigenvalue weighted by Crippen LogP contribution is -2.49. The molecule has 0 bridgehead atoms. The van der Waals surface area contributed by atoms with Crippen molar-refractivity contribution in [3.63, 3.8) is 0 Å². The highest BCUT2D eigenvalue weighted by atomic mass is 35.5. The van der Waals surface area contributed by atoms with Gasteiger partial charge in [0.2, 0.25) is 0 Å². The van der Waals surface area contributed by atoms with Gasteiger partial charge in [0.05, 0.1) is 35.1 Å². The van der Waals surface area contributed by atoms with Crippen LogP contribution < -0.4 is 5.32 Å². The predicted octanol–water partition coefficient (Wildman–Crippen LogP) is 3.60. The van der Waals surface area contributed by atoms with Crippen LogP contribution in [-0.4, -0.2) is 32.3 Å². The van der Waals surface area contributed by atoms with E-state index in [1.54, 1.807) is 23.7 Å². The number of carbonyl (C=O) groups is 2. The van der Waals surface area contributed by atoms with Crippen LogP contribution in [0.5, 0.6) is 0 Å². The van der Waals surface area contributed by atoms with Crippen LogP contribution in [-0.2, 0) is 4.79 Å². The van der Waals surface area contributed by atoms with E-state index in [1.807, 2.05) is 26.0 Å². The molecule has 2 aromatic rings. The van der Waals surface area contributed by atoms with Crippen molar-refractivity contribution in [1.29, 1.82) is 0 Å². The number of carboxylic acids is 1. The van der Waals surface area contributed by atoms with E-state index in [2.05, 4.69) is 10.4 Å². The Labute approximate surface area is 151 Å². The smallest absolute Gasteiger partial charge is 0.305 e. The van der Waals surface area contributed by atoms with Crippen LogP contribution in [0.1, 0.15) is 49.2 Å². The third-order valence-corrected chi connectivity index (χ3v) is 4.76. The number of aliphatic carboxylic acids is 1. The van der Waals surface area contributed by atoms with Crippen LogP contribution in [0, 0.1) is 6.92 Å². The molecule has 1 amide bonds. The summed E-state index contributed by atoms with van der Waals surface area (Å²) in [5.74, 6) is -1.26. The van der Waals surface area contributed by atoms with E-state index in [4.69, 9.17) is 16.7 Å². The maximum absolute atomic E-state index is 12.7. The topological polar surface area (TPSA) is 84.2 Å². The molecule has 0 saturated heterocycles. The fourth-order valence-corrected chi connectivity index (χ4v) is 3.00. The molecule has 25 heavy (non-hydrogen) atoms. The van der Waals surface area contributed by atoms with Gasteiger partial charge in [0.1, 0.15) is 0 Å². The average Bonchev–Trinajstić information content (AvgIpc) is 2.95. The second-order valence-electron chi connectivity index (χ2n) is 6.05. The molecular weight excluding hydrogens is 342 g/mol. The van der Waals surface area contributed by atoms with Crippen LogP contribution in [0.2, 0.25) is 5.02 Å². The fourth-order valence-electron chi connectivity index (χ4n) is 2.82. The second kappa shape index (κ2) is 7.70. The number of carboxylic acid groups (broad SMARTS) is 1. The molecule has 0 aliphatic heterocycles. The Morgan fingerprint density at radius 3 is 2.56 bits per heavy atom. The SMILES string of the molecule is CCC(CC)(CC(=O)O)NC(=O)c1cnn(-c2cccc(Cl)c2)c1C. The van der Waals surface area contributed by atoms with E-state index in [9.17, 15) is 9.59 Å². The molecule has 0 unspecified atom stereocenters. The molecule has 1 heterocycles. The summed E-state index contributed by atoms with van der Waals surface area (Å²) in [6, 6.07) is 7.18. The van der Waals surface area contributed by atoms with Gasteiger partial charge in [-0.3, -0.25) is 9.59 Å². The summed E-state index contributed by atoms with van der Waals surface area (Å²) in [5, 5.41) is 16.9. The highest BCUT2D eigenvalue weighted by molar-refractivity contribution is 6.30. The molecule has 0 aliphatic carbocycles. The van der Waals surface area contributed by atoms with Gasteiger partial charge in [0.25, 0.3) is 5.91 Å². The highest BCUT2D eigenvalue weighted by Crippen LogP contribution is 2.22. The normalized spacial score (nSPS) is 11.4. The molecule has 0 spiro atoms. The van der Waals surface area contributed by atoms with Crippen molar-refractivity contribution in [2.24, 2.45) is 0 Å². The Bertz CT molecular complexity index is 782. The van der Waals surface area contributed by atoms with Crippen LogP contribution in [0.15, 0.2) is 30.5 Å². The molecule has 1 aromatic carbocycles. The maximum atomic E-state index is 12.7. The summed E-state index contributed by atoms with van der Waals surface area (Å²) in [6.45, 7) is 5.53. The van der Waals surface area contributed by atoms with Crippen molar-refractivity contribution < 1.29 is 14.7 Å². The first-order valence-electron chi connectivity index (χ1n) is 8.16. The minimum atomic E-state index is -0.935. The van der Waals surface area contributed by atoms with E-state index < -0.39 is 11.5 Å². The standard InChI is InChI=1S/C18H22ClN3O3/c1-4-18(5-2,10-16(23)24)21-17(25)15-11-20-22(12(15)3)14-8-6-7-13(19)9-14/h6-9,11H,4-5,10H2,1-3H3,(H,21,25)(H,23,24). The molecule has 6 nitrogen and oxygen atoms in total. The van der Waals surface area contributed by atoms with E-state index in [0.29, 0.717) is 29.1 Å². The molecule has 1 aromatic heterocycles. The summed E-state index contributed by atoms with van der Waals surface area (Å²) < 4.78 is 1.64. The number of benzene rings is 1. The number of nitrogens with zero attached hydrogens (tertiary/aromatic N) is 2. The van der Waals surface area contributed by atoms with Crippen LogP contribution in [0.25, 0.3) is 5.69 Å². The fraction of sp³-hybridized carbons (Fsp3) is 0.389. The van der Waals surface area contributed by atoms with Gasteiger partial charge in [0, 0.05) is 5.02 Å². The van der Waals surface area contributed by atoms with E-state index >= 15 is 0 Å². The molecule has 7 heteroatoms. The van der Waals surface area contributed by atoms with Gasteiger partial charge >= 0.3 is 5.97 Å². The van der Waals surface area contributed by atoms with Crippen molar-refractivity contribution >= 4 is 23.5 Å². The van der Waals surface area contributed by atoms with Crippen LogP contribution >= 0.6 is 11.6 Å². The summed E-state index contributed by atoms with van der Waals surface area (Å²) in [5.41, 5.74) is 1.06. The molecule has 0 aliphatic rings. The maximum Gasteiger partial charge on any atom is 0.305 e. The van der Waals surface area contributed by atoms with Gasteiger partial charge in [-0.25, -0.2) is 4.68 Å². The van der Waals surface area contributed by atoms with Crippen molar-refractivity contribution in [2.45, 2.75) is 45.6 Å². The second-order valence-corrected chi connectivity index (χ2v) is 6.48. The number of aromatic nitrogens is 2. The first kappa shape index (κ1) is 19.0. The summed E-state index contributed by atoms with van der Waals surface area (Å²) in [4.78, 5) is 23.9. The molecule has 134 valence electrons. The van der Waals surface area contributed by atoms with Gasteiger partial charge in [-0.1, -0.05) is 31.5 Å². The number of nitrogens with one attached hydrogen (secondary N) is 1. The summed E-state index contributed by atoms with van der Waals surface area (Å²) >= 11 is 6.01. The van der Waals surface area contributed by atoms with Gasteiger partial charge in [-0.2, -0.15) is 5.10 Å². The Morgan fingerprint density at radius 1 is 1.32 bits per heavy atom. The van der Waals surface area contributed by atoms with E-state index in [1.165, 1.54) is 6.20 Å². The lowest BCUT2D eigenvalue weighted by Gasteiger charge is -2.31. The Balaban J connectivity index is 2.30. The number of rotatable bonds is 7. The zero-order chi connectivity index (χ0) is 18.6. The lowest BCUT2D eigenvalue weighted by molar-refractivity contribution is -0.138. The zero-order valence-electron chi connectivity index (χ0n) is 14.5. The van der Waals surface area contributed by atoms with E-state index in [0.717, 1.165) is 5.69 Å². The van der Waals surface area contributed by atoms with Gasteiger partial charge in [-0.05, 0) is 38.0 Å². The highest BCUT2D eigenvalue weighted by Gasteiger charge is 2.32. The monoisotopic (exact) mass is 363 g/mol. The lowest BCUT2D eigenvalue weighted by atomic mass is 9.88. The number of hydrogen-bond acceptors (Lipinski definition) is 3. The van der Waals surface area contributed by atoms with Crippen LogP contribution in [0.3, 0.4) is 0 Å². The molecular formula is C18H22ClN3O3. The minimum absolute atomic E-state index is 0.118. The summed E-state index contributed by atoms with van der Waals surface area (Å²) in [6.07, 6.45) is 2.43. The average molecular weight is 364 g/mol. The van der Waals surface area contributed by atoms with Gasteiger partial charge in [0.15, 0.2) is 0 Å². The third kappa shape index (κ3) is 4.20. The third-order valence-electron chi connectivity index (χ3n) is 4.53. The largest absolute Gasteiger partial charge is 0.481 e. The van der Waals surface area contributed by atoms with Crippen LogP contribution in [0.4, 0.5) is 0 Å². The minimum Gasteiger partial charge on any atom is -0.481 e. The summed E-state index contributed by atoms with van der Waals surface area (Å²) in [7, 11) is 0. The van der Waals surface area contributed by atoms with Gasteiger partial charge < -0.3 is 10.4 Å². The zero-order valence-corrected chi connectivity index (χ0v) is 15.3. The van der Waals surface area contributed by atoms with Crippen molar-refractivity contribution in [3.05, 3.63) is 46.7 Å². The predicted molar refractivity (Wildman–Crippen MR) is 96.3 cm³/mol. The molecule has 0 saturated carbocycles. The number of hydrogen-bond donors (Lipinski definition) is 2. The number of carbonyl (C=O) groups excluding carboxylic acids is 1. The Hall–Kier alpha value is -2.34. The first-order valence-corrected chi connectivity index (χ1v) is 8.54. The first-order chi connectivity index (χ1) is 11.8.